The predicted molar refractivity (Wildman–Crippen MR) is 131 cm³/mol. The molecule has 0 heterocycles. The van der Waals surface area contributed by atoms with Crippen LogP contribution in [0.4, 0.5) is 0 Å². The summed E-state index contributed by atoms with van der Waals surface area (Å²) in [5, 5.41) is 43.4. The van der Waals surface area contributed by atoms with Gasteiger partial charge < -0.3 is 20.4 Å². The summed E-state index contributed by atoms with van der Waals surface area (Å²) in [4.78, 5) is 26.6. The molecule has 4 N–H and O–H groups in total. The number of hydrogen-bond acceptors (Lipinski definition) is 6. The van der Waals surface area contributed by atoms with Crippen molar-refractivity contribution >= 4 is 11.6 Å². The number of ketones is 2. The highest BCUT2D eigenvalue weighted by Crippen LogP contribution is 2.75. The van der Waals surface area contributed by atoms with Crippen molar-refractivity contribution in [1.82, 2.24) is 0 Å². The molecule has 0 aromatic rings. The van der Waals surface area contributed by atoms with E-state index < -0.39 is 27.9 Å². The highest BCUT2D eigenvalue weighted by atomic mass is 16.3. The van der Waals surface area contributed by atoms with E-state index in [9.17, 15) is 30.0 Å². The summed E-state index contributed by atoms with van der Waals surface area (Å²) in [6.45, 7) is 9.78. The molecule has 0 aromatic heterocycles. The smallest absolute Gasteiger partial charge is 0.141 e. The maximum Gasteiger partial charge on any atom is 0.141 e. The van der Waals surface area contributed by atoms with Crippen LogP contribution in [-0.4, -0.2) is 56.9 Å². The fourth-order valence-electron chi connectivity index (χ4n) is 11.0. The molecule has 6 nitrogen and oxygen atoms in total. The van der Waals surface area contributed by atoms with Gasteiger partial charge >= 0.3 is 0 Å². The van der Waals surface area contributed by atoms with Crippen LogP contribution in [0.1, 0.15) is 86.0 Å². The van der Waals surface area contributed by atoms with Crippen molar-refractivity contribution < 1.29 is 30.0 Å². The molecule has 35 heavy (non-hydrogen) atoms. The van der Waals surface area contributed by atoms with Crippen molar-refractivity contribution in [3.05, 3.63) is 0 Å². The van der Waals surface area contributed by atoms with Crippen LogP contribution in [0.25, 0.3) is 0 Å². The third-order valence-corrected chi connectivity index (χ3v) is 13.2. The number of rotatable bonds is 3. The summed E-state index contributed by atoms with van der Waals surface area (Å²) >= 11 is 0. The Morgan fingerprint density at radius 2 is 1.69 bits per heavy atom. The molecule has 5 rings (SSSR count). The van der Waals surface area contributed by atoms with Gasteiger partial charge in [-0.15, -0.1) is 0 Å². The quantitative estimate of drug-likeness (QED) is 0.483. The number of fused-ring (bicyclic) bond motifs is 7. The van der Waals surface area contributed by atoms with Crippen LogP contribution in [0.5, 0.6) is 0 Å². The Bertz CT molecular complexity index is 915. The van der Waals surface area contributed by atoms with Gasteiger partial charge in [-0.3, -0.25) is 9.59 Å². The lowest BCUT2D eigenvalue weighted by atomic mass is 9.32. The minimum absolute atomic E-state index is 0.0227. The predicted octanol–water partition coefficient (Wildman–Crippen LogP) is 3.13. The second-order valence-corrected chi connectivity index (χ2v) is 14.3. The van der Waals surface area contributed by atoms with Gasteiger partial charge in [0.25, 0.3) is 0 Å². The van der Waals surface area contributed by atoms with Crippen LogP contribution in [0, 0.1) is 57.2 Å². The molecule has 0 aliphatic heterocycles. The van der Waals surface area contributed by atoms with Crippen LogP contribution in [-0.2, 0) is 9.59 Å². The third kappa shape index (κ3) is 3.03. The van der Waals surface area contributed by atoms with Gasteiger partial charge in [0.1, 0.15) is 11.6 Å². The van der Waals surface area contributed by atoms with Gasteiger partial charge in [-0.1, -0.05) is 27.7 Å². The minimum Gasteiger partial charge on any atom is -0.395 e. The number of aliphatic hydroxyl groups excluding tert-OH is 3. The summed E-state index contributed by atoms with van der Waals surface area (Å²) in [7, 11) is 0. The van der Waals surface area contributed by atoms with E-state index in [-0.39, 0.29) is 65.7 Å². The van der Waals surface area contributed by atoms with Crippen molar-refractivity contribution in [3.8, 4) is 0 Å². The van der Waals surface area contributed by atoms with E-state index in [0.29, 0.717) is 19.3 Å². The minimum atomic E-state index is -1.22. The Morgan fingerprint density at radius 3 is 2.31 bits per heavy atom. The molecule has 6 heteroatoms. The first-order valence-corrected chi connectivity index (χ1v) is 13.9. The lowest BCUT2D eigenvalue weighted by Crippen LogP contribution is -2.71. The number of carbonyl (C=O) groups is 2. The number of carbonyl (C=O) groups excluding carboxylic acids is 2. The van der Waals surface area contributed by atoms with Gasteiger partial charge in [-0.2, -0.15) is 0 Å². The van der Waals surface area contributed by atoms with Crippen molar-refractivity contribution in [3.63, 3.8) is 0 Å². The molecule has 0 bridgehead atoms. The molecule has 198 valence electrons. The first kappa shape index (κ1) is 25.8. The molecule has 5 saturated carbocycles. The molecule has 0 aromatic carbocycles. The van der Waals surface area contributed by atoms with E-state index in [4.69, 9.17) is 0 Å². The van der Waals surface area contributed by atoms with Gasteiger partial charge in [0, 0.05) is 24.2 Å². The molecule has 0 radical (unpaired) electrons. The number of hydrogen-bond donors (Lipinski definition) is 4. The first-order chi connectivity index (χ1) is 16.2. The Kier molecular flexibility index (Phi) is 5.79. The Labute approximate surface area is 209 Å². The highest BCUT2D eigenvalue weighted by Gasteiger charge is 2.73. The van der Waals surface area contributed by atoms with E-state index in [2.05, 4.69) is 20.8 Å². The molecule has 0 amide bonds. The maximum atomic E-state index is 13.7. The SMILES string of the molecule is C[C@@]12[C@@H](O)CC3[C@](C)(CCC(=O)[C@@]3(C)CO)[C@H]1CCC1C3[C@H]([C@@](C)(O)CO)CC[C@H]3C(=O)C[C@]12C. The zero-order chi connectivity index (χ0) is 25.8. The average Bonchev–Trinajstić information content (AvgIpc) is 3.26. The first-order valence-electron chi connectivity index (χ1n) is 13.9. The monoisotopic (exact) mass is 490 g/mol. The summed E-state index contributed by atoms with van der Waals surface area (Å²) in [5.74, 6) is 0.447. The molecule has 5 fully saturated rings. The Morgan fingerprint density at radius 1 is 1.00 bits per heavy atom. The number of aliphatic hydroxyl groups is 4. The third-order valence-electron chi connectivity index (χ3n) is 13.2. The van der Waals surface area contributed by atoms with Gasteiger partial charge in [0.15, 0.2) is 0 Å². The van der Waals surface area contributed by atoms with Crippen LogP contribution < -0.4 is 0 Å². The largest absolute Gasteiger partial charge is 0.395 e. The molecular weight excluding hydrogens is 444 g/mol. The zero-order valence-corrected chi connectivity index (χ0v) is 22.2. The van der Waals surface area contributed by atoms with Crippen molar-refractivity contribution in [2.45, 2.75) is 97.7 Å². The summed E-state index contributed by atoms with van der Waals surface area (Å²) in [5.41, 5.74) is -3.18. The van der Waals surface area contributed by atoms with Gasteiger partial charge in [-0.05, 0) is 85.9 Å². The Hall–Kier alpha value is -0.820. The number of Topliss-reactive ketones (excluding diaryl/α,β-unsaturated/α-hetero) is 2. The van der Waals surface area contributed by atoms with E-state index >= 15 is 0 Å². The van der Waals surface area contributed by atoms with E-state index in [1.807, 2.05) is 6.92 Å². The lowest BCUT2D eigenvalue weighted by Gasteiger charge is -2.72. The zero-order valence-electron chi connectivity index (χ0n) is 22.2. The standard InChI is InChI=1S/C29H46O6/c1-25-11-10-22(33)26(2,14-30)21(25)12-23(34)29(5)20(25)9-8-17-24-16(19(32)13-27(17,29)3)6-7-18(24)28(4,35)15-31/h16-18,20-21,23-24,30-31,34-35H,6-15H2,1-5H3/t16-,17?,18+,20+,21?,23-,24?,25+,26-,27+,28-,29-/m0/s1. The molecule has 5 aliphatic carbocycles. The summed E-state index contributed by atoms with van der Waals surface area (Å²) < 4.78 is 0. The molecule has 0 spiro atoms. The van der Waals surface area contributed by atoms with Crippen LogP contribution in [0.15, 0.2) is 0 Å². The van der Waals surface area contributed by atoms with Crippen LogP contribution in [0.2, 0.25) is 0 Å². The normalized spacial score (nSPS) is 55.4. The molecule has 12 atom stereocenters. The fraction of sp³-hybridized carbons (Fsp3) is 0.931. The summed E-state index contributed by atoms with van der Waals surface area (Å²) in [6.07, 6.45) is 4.85. The summed E-state index contributed by atoms with van der Waals surface area (Å²) in [6, 6.07) is 0. The molecule has 0 saturated heterocycles. The topological polar surface area (TPSA) is 115 Å². The lowest BCUT2D eigenvalue weighted by molar-refractivity contribution is -0.267. The van der Waals surface area contributed by atoms with Crippen LogP contribution in [0.3, 0.4) is 0 Å². The van der Waals surface area contributed by atoms with E-state index in [0.717, 1.165) is 32.1 Å². The fourth-order valence-corrected chi connectivity index (χ4v) is 11.0. The van der Waals surface area contributed by atoms with Crippen LogP contribution >= 0.6 is 0 Å². The molecule has 5 aliphatic rings. The highest BCUT2D eigenvalue weighted by molar-refractivity contribution is 5.86. The average molecular weight is 491 g/mol. The maximum absolute atomic E-state index is 13.7. The van der Waals surface area contributed by atoms with Crippen molar-refractivity contribution in [1.29, 1.82) is 0 Å². The van der Waals surface area contributed by atoms with Crippen molar-refractivity contribution in [2.24, 2.45) is 57.2 Å². The van der Waals surface area contributed by atoms with Gasteiger partial charge in [0.05, 0.1) is 30.3 Å². The second-order valence-electron chi connectivity index (χ2n) is 14.3. The molecular formula is C29H46O6. The molecule has 3 unspecified atom stereocenters. The van der Waals surface area contributed by atoms with Gasteiger partial charge in [0.2, 0.25) is 0 Å². The van der Waals surface area contributed by atoms with E-state index in [1.54, 1.807) is 6.92 Å². The Balaban J connectivity index is 1.59. The van der Waals surface area contributed by atoms with Crippen molar-refractivity contribution in [2.75, 3.05) is 13.2 Å². The van der Waals surface area contributed by atoms with E-state index in [1.165, 1.54) is 0 Å². The second kappa shape index (κ2) is 7.85. The van der Waals surface area contributed by atoms with Gasteiger partial charge in [-0.25, -0.2) is 0 Å².